The van der Waals surface area contributed by atoms with Gasteiger partial charge in [-0.05, 0) is 41.3 Å². The number of Topliss-reactive ketones (excluding diaryl/α,β-unsaturated/α-hetero) is 1. The lowest BCUT2D eigenvalue weighted by Crippen LogP contribution is -2.18. The van der Waals surface area contributed by atoms with Crippen LogP contribution in [0.2, 0.25) is 0 Å². The lowest BCUT2D eigenvalue weighted by atomic mass is 9.90. The van der Waals surface area contributed by atoms with Gasteiger partial charge in [0.1, 0.15) is 0 Å². The molecule has 0 radical (unpaired) electrons. The molecule has 3 aliphatic carbocycles. The van der Waals surface area contributed by atoms with E-state index in [4.69, 9.17) is 0 Å². The first-order valence-corrected chi connectivity index (χ1v) is 7.60. The van der Waals surface area contributed by atoms with Crippen LogP contribution in [0.1, 0.15) is 27.0 Å². The molecule has 2 aromatic carbocycles. The van der Waals surface area contributed by atoms with Crippen molar-refractivity contribution in [2.75, 3.05) is 0 Å². The molecule has 0 N–H and O–H groups in total. The van der Waals surface area contributed by atoms with Crippen LogP contribution in [0.4, 0.5) is 0 Å². The maximum Gasteiger partial charge on any atom is 0.175 e. The van der Waals surface area contributed by atoms with Crippen molar-refractivity contribution in [3.63, 3.8) is 0 Å². The summed E-state index contributed by atoms with van der Waals surface area (Å²) < 4.78 is 0. The number of carbonyl (C=O) groups excluding carboxylic acids is 1. The SMILES string of the molecule is Cc1ccc2c3c(ccc(C)c13)C1(C2=O)[C@@H]2C=CC=C[C@@H]21. The number of fused-ring (bicyclic) bond motifs is 4. The van der Waals surface area contributed by atoms with Crippen LogP contribution in [-0.4, -0.2) is 5.78 Å². The van der Waals surface area contributed by atoms with Crippen LogP contribution in [0.5, 0.6) is 0 Å². The zero-order chi connectivity index (χ0) is 14.4. The molecule has 1 nitrogen and oxygen atoms in total. The van der Waals surface area contributed by atoms with Gasteiger partial charge >= 0.3 is 0 Å². The Kier molecular flexibility index (Phi) is 1.84. The normalized spacial score (nSPS) is 31.2. The Morgan fingerprint density at radius 3 is 2.14 bits per heavy atom. The minimum absolute atomic E-state index is 0.300. The van der Waals surface area contributed by atoms with Gasteiger partial charge in [-0.15, -0.1) is 0 Å². The second-order valence-electron chi connectivity index (χ2n) is 6.63. The molecular weight excluding hydrogens is 256 g/mol. The molecule has 1 fully saturated rings. The van der Waals surface area contributed by atoms with Crippen molar-refractivity contribution in [2.45, 2.75) is 19.3 Å². The molecule has 0 heterocycles. The van der Waals surface area contributed by atoms with Gasteiger partial charge in [0.2, 0.25) is 0 Å². The van der Waals surface area contributed by atoms with E-state index in [1.54, 1.807) is 0 Å². The quantitative estimate of drug-likeness (QED) is 0.700. The average Bonchev–Trinajstić information content (AvgIpc) is 3.09. The van der Waals surface area contributed by atoms with Gasteiger partial charge in [-0.1, -0.05) is 48.6 Å². The van der Waals surface area contributed by atoms with Gasteiger partial charge in [0.05, 0.1) is 5.41 Å². The minimum atomic E-state index is -0.300. The van der Waals surface area contributed by atoms with Gasteiger partial charge < -0.3 is 0 Å². The van der Waals surface area contributed by atoms with Crippen molar-refractivity contribution in [3.05, 3.63) is 70.8 Å². The second kappa shape index (κ2) is 3.36. The highest BCUT2D eigenvalue weighted by Gasteiger charge is 2.70. The molecule has 0 bridgehead atoms. The van der Waals surface area contributed by atoms with E-state index in [0.717, 1.165) is 5.56 Å². The summed E-state index contributed by atoms with van der Waals surface area (Å²) in [5.74, 6) is 1.04. The summed E-state index contributed by atoms with van der Waals surface area (Å²) in [6, 6.07) is 8.52. The Hall–Kier alpha value is -2.15. The number of rotatable bonds is 0. The molecule has 0 amide bonds. The zero-order valence-electron chi connectivity index (χ0n) is 12.2. The smallest absolute Gasteiger partial charge is 0.175 e. The third kappa shape index (κ3) is 1.07. The molecule has 3 atom stereocenters. The van der Waals surface area contributed by atoms with Crippen molar-refractivity contribution < 1.29 is 4.79 Å². The summed E-state index contributed by atoms with van der Waals surface area (Å²) in [5, 5.41) is 2.50. The molecule has 5 rings (SSSR count). The van der Waals surface area contributed by atoms with Crippen LogP contribution in [0.15, 0.2) is 48.6 Å². The molecule has 1 saturated carbocycles. The molecule has 1 heteroatoms. The maximum absolute atomic E-state index is 13.2. The van der Waals surface area contributed by atoms with Gasteiger partial charge in [-0.2, -0.15) is 0 Å². The van der Waals surface area contributed by atoms with Crippen LogP contribution >= 0.6 is 0 Å². The van der Waals surface area contributed by atoms with E-state index in [1.165, 1.54) is 27.5 Å². The van der Waals surface area contributed by atoms with Gasteiger partial charge in [0.15, 0.2) is 5.78 Å². The largest absolute Gasteiger partial charge is 0.293 e. The fourth-order valence-electron chi connectivity index (χ4n) is 4.76. The summed E-state index contributed by atoms with van der Waals surface area (Å²) in [7, 11) is 0. The number of hydrogen-bond donors (Lipinski definition) is 0. The van der Waals surface area contributed by atoms with Crippen molar-refractivity contribution >= 4 is 16.6 Å². The average molecular weight is 272 g/mol. The highest BCUT2D eigenvalue weighted by atomic mass is 16.1. The predicted octanol–water partition coefficient (Wildman–Crippen LogP) is 4.26. The van der Waals surface area contributed by atoms with E-state index in [9.17, 15) is 4.79 Å². The topological polar surface area (TPSA) is 17.1 Å². The van der Waals surface area contributed by atoms with E-state index in [2.05, 4.69) is 56.4 Å². The monoisotopic (exact) mass is 272 g/mol. The predicted molar refractivity (Wildman–Crippen MR) is 84.7 cm³/mol. The van der Waals surface area contributed by atoms with Crippen LogP contribution in [0.3, 0.4) is 0 Å². The first kappa shape index (κ1) is 11.5. The summed E-state index contributed by atoms with van der Waals surface area (Å²) in [6.07, 6.45) is 8.60. The number of carbonyl (C=O) groups is 1. The van der Waals surface area contributed by atoms with E-state index in [-0.39, 0.29) is 5.41 Å². The summed E-state index contributed by atoms with van der Waals surface area (Å²) in [6.45, 7) is 4.29. The first-order chi connectivity index (χ1) is 10.2. The Morgan fingerprint density at radius 2 is 1.48 bits per heavy atom. The second-order valence-corrected chi connectivity index (χ2v) is 6.63. The zero-order valence-corrected chi connectivity index (χ0v) is 12.2. The summed E-state index contributed by atoms with van der Waals surface area (Å²) in [4.78, 5) is 13.2. The van der Waals surface area contributed by atoms with Crippen LogP contribution < -0.4 is 0 Å². The number of allylic oxidation sites excluding steroid dienone is 4. The Bertz CT molecular complexity index is 871. The third-order valence-corrected chi connectivity index (χ3v) is 5.72. The molecule has 2 aromatic rings. The third-order valence-electron chi connectivity index (χ3n) is 5.72. The van der Waals surface area contributed by atoms with E-state index < -0.39 is 0 Å². The fourth-order valence-corrected chi connectivity index (χ4v) is 4.76. The molecular formula is C20H16O. The van der Waals surface area contributed by atoms with Crippen molar-refractivity contribution in [1.82, 2.24) is 0 Å². The van der Waals surface area contributed by atoms with Crippen molar-refractivity contribution in [1.29, 1.82) is 0 Å². The van der Waals surface area contributed by atoms with Crippen LogP contribution in [0.25, 0.3) is 10.8 Å². The van der Waals surface area contributed by atoms with E-state index >= 15 is 0 Å². The Morgan fingerprint density at radius 1 is 0.857 bits per heavy atom. The van der Waals surface area contributed by atoms with Gasteiger partial charge in [0, 0.05) is 17.4 Å². The van der Waals surface area contributed by atoms with Crippen molar-refractivity contribution in [2.24, 2.45) is 11.8 Å². The summed E-state index contributed by atoms with van der Waals surface area (Å²) in [5.41, 5.74) is 4.44. The first-order valence-electron chi connectivity index (χ1n) is 7.60. The minimum Gasteiger partial charge on any atom is -0.293 e. The molecule has 0 saturated heterocycles. The van der Waals surface area contributed by atoms with Gasteiger partial charge in [-0.3, -0.25) is 4.79 Å². The van der Waals surface area contributed by atoms with Crippen molar-refractivity contribution in [3.8, 4) is 0 Å². The molecule has 1 unspecified atom stereocenters. The van der Waals surface area contributed by atoms with E-state index in [1.807, 2.05) is 6.07 Å². The number of benzene rings is 2. The van der Waals surface area contributed by atoms with Gasteiger partial charge in [0.25, 0.3) is 0 Å². The summed E-state index contributed by atoms with van der Waals surface area (Å²) >= 11 is 0. The Balaban J connectivity index is 1.93. The molecule has 21 heavy (non-hydrogen) atoms. The highest BCUT2D eigenvalue weighted by molar-refractivity contribution is 6.23. The number of aryl methyl sites for hydroxylation is 2. The number of ketones is 1. The lowest BCUT2D eigenvalue weighted by Gasteiger charge is -2.11. The molecule has 102 valence electrons. The van der Waals surface area contributed by atoms with Crippen LogP contribution in [-0.2, 0) is 5.41 Å². The number of hydrogen-bond acceptors (Lipinski definition) is 1. The molecule has 0 aliphatic heterocycles. The Labute approximate surface area is 124 Å². The molecule has 0 aromatic heterocycles. The fraction of sp³-hybridized carbons (Fsp3) is 0.250. The molecule has 3 aliphatic rings. The highest BCUT2D eigenvalue weighted by Crippen LogP contribution is 2.68. The maximum atomic E-state index is 13.2. The lowest BCUT2D eigenvalue weighted by molar-refractivity contribution is 0.0946. The van der Waals surface area contributed by atoms with E-state index in [0.29, 0.717) is 17.6 Å². The molecule has 1 spiro atoms. The standard InChI is InChI=1S/C20H16O/c1-11-7-9-13-18-16(10-8-12(2)17(11)18)20(19(13)21)14-5-3-4-6-15(14)20/h3-10,14-15H,1-2H3/t14-,15+,20?. The van der Waals surface area contributed by atoms with Crippen LogP contribution in [0, 0.1) is 25.7 Å². The van der Waals surface area contributed by atoms with Gasteiger partial charge in [-0.25, -0.2) is 0 Å².